The van der Waals surface area contributed by atoms with Crippen molar-refractivity contribution in [2.75, 3.05) is 19.7 Å². The number of nitrogens with one attached hydrogen (secondary N) is 1. The molecule has 23 heavy (non-hydrogen) atoms. The molecule has 0 fully saturated rings. The summed E-state index contributed by atoms with van der Waals surface area (Å²) in [7, 11) is 0. The van der Waals surface area contributed by atoms with Gasteiger partial charge in [0.15, 0.2) is 6.61 Å². The Morgan fingerprint density at radius 1 is 1.30 bits per heavy atom. The average Bonchev–Trinajstić information content (AvgIpc) is 2.43. The van der Waals surface area contributed by atoms with Crippen LogP contribution in [0.25, 0.3) is 0 Å². The second-order valence-electron chi connectivity index (χ2n) is 6.41. The number of nitrogens with zero attached hydrogens (tertiary/aromatic N) is 1. The van der Waals surface area contributed by atoms with E-state index in [1.165, 1.54) is 4.90 Å². The molecule has 0 atom stereocenters. The number of benzene rings is 1. The van der Waals surface area contributed by atoms with E-state index in [-0.39, 0.29) is 30.5 Å². The van der Waals surface area contributed by atoms with Gasteiger partial charge in [-0.3, -0.25) is 9.59 Å². The Kier molecular flexibility index (Phi) is 6.88. The predicted octanol–water partition coefficient (Wildman–Crippen LogP) is 2.79. The van der Waals surface area contributed by atoms with Crippen molar-refractivity contribution in [3.63, 3.8) is 0 Å². The highest BCUT2D eigenvalue weighted by molar-refractivity contribution is 6.31. The van der Waals surface area contributed by atoms with Crippen LogP contribution in [-0.2, 0) is 9.59 Å². The number of amides is 2. The molecule has 0 unspecified atom stereocenters. The van der Waals surface area contributed by atoms with Crippen LogP contribution in [0.15, 0.2) is 18.2 Å². The summed E-state index contributed by atoms with van der Waals surface area (Å²) >= 11 is 5.95. The molecule has 0 spiro atoms. The Morgan fingerprint density at radius 2 is 1.96 bits per heavy atom. The number of ether oxygens (including phenoxy) is 1. The van der Waals surface area contributed by atoms with Gasteiger partial charge in [0.05, 0.1) is 6.54 Å². The fourth-order valence-corrected chi connectivity index (χ4v) is 2.07. The number of aryl methyl sites for hydroxylation is 1. The lowest BCUT2D eigenvalue weighted by Crippen LogP contribution is -2.48. The summed E-state index contributed by atoms with van der Waals surface area (Å²) in [6.45, 7) is 9.74. The topological polar surface area (TPSA) is 58.6 Å². The summed E-state index contributed by atoms with van der Waals surface area (Å²) < 4.78 is 5.49. The molecule has 0 radical (unpaired) electrons. The fourth-order valence-electron chi connectivity index (χ4n) is 1.95. The molecule has 128 valence electrons. The van der Waals surface area contributed by atoms with Gasteiger partial charge in [-0.25, -0.2) is 0 Å². The lowest BCUT2D eigenvalue weighted by atomic mass is 10.1. The first-order valence-corrected chi connectivity index (χ1v) is 7.98. The minimum absolute atomic E-state index is 0.0234. The summed E-state index contributed by atoms with van der Waals surface area (Å²) in [6.07, 6.45) is 0. The Hall–Kier alpha value is -1.75. The molecule has 0 saturated heterocycles. The Morgan fingerprint density at radius 3 is 2.48 bits per heavy atom. The van der Waals surface area contributed by atoms with Crippen molar-refractivity contribution in [1.82, 2.24) is 10.2 Å². The van der Waals surface area contributed by atoms with Gasteiger partial charge in [-0.15, -0.1) is 0 Å². The van der Waals surface area contributed by atoms with Crippen LogP contribution in [0.3, 0.4) is 0 Å². The minimum atomic E-state index is -0.323. The molecule has 0 aliphatic rings. The molecule has 5 nitrogen and oxygen atoms in total. The number of hydrogen-bond acceptors (Lipinski definition) is 3. The smallest absolute Gasteiger partial charge is 0.260 e. The molecule has 1 aromatic carbocycles. The highest BCUT2D eigenvalue weighted by atomic mass is 35.5. The van der Waals surface area contributed by atoms with Crippen LogP contribution in [0.2, 0.25) is 5.02 Å². The van der Waals surface area contributed by atoms with Crippen molar-refractivity contribution in [3.05, 3.63) is 28.8 Å². The molecule has 0 heterocycles. The molecule has 0 aliphatic heterocycles. The minimum Gasteiger partial charge on any atom is -0.484 e. The summed E-state index contributed by atoms with van der Waals surface area (Å²) in [6, 6.07) is 5.22. The van der Waals surface area contributed by atoms with Crippen LogP contribution in [0.5, 0.6) is 5.75 Å². The summed E-state index contributed by atoms with van der Waals surface area (Å²) in [5.74, 6) is 0.162. The summed E-state index contributed by atoms with van der Waals surface area (Å²) in [4.78, 5) is 25.6. The standard InChI is InChI=1S/C17H25ClN2O3/c1-6-20(10-15(21)19-17(3,4)5)16(22)11-23-13-7-8-14(18)12(2)9-13/h7-9H,6,10-11H2,1-5H3,(H,19,21). The van der Waals surface area contributed by atoms with E-state index in [1.54, 1.807) is 18.2 Å². The molecular weight excluding hydrogens is 316 g/mol. The van der Waals surface area contributed by atoms with E-state index in [0.29, 0.717) is 17.3 Å². The van der Waals surface area contributed by atoms with Crippen molar-refractivity contribution in [2.45, 2.75) is 40.2 Å². The van der Waals surface area contributed by atoms with Crippen molar-refractivity contribution in [1.29, 1.82) is 0 Å². The Balaban J connectivity index is 2.56. The lowest BCUT2D eigenvalue weighted by Gasteiger charge is -2.25. The molecule has 2 amide bonds. The maximum absolute atomic E-state index is 12.2. The van der Waals surface area contributed by atoms with Gasteiger partial charge in [0.2, 0.25) is 5.91 Å². The number of halogens is 1. The molecule has 6 heteroatoms. The SMILES string of the molecule is CCN(CC(=O)NC(C)(C)C)C(=O)COc1ccc(Cl)c(C)c1. The van der Waals surface area contributed by atoms with Crippen molar-refractivity contribution < 1.29 is 14.3 Å². The zero-order chi connectivity index (χ0) is 17.6. The van der Waals surface area contributed by atoms with Gasteiger partial charge in [0, 0.05) is 17.1 Å². The molecule has 0 saturated carbocycles. The maximum Gasteiger partial charge on any atom is 0.260 e. The second-order valence-corrected chi connectivity index (χ2v) is 6.81. The summed E-state index contributed by atoms with van der Waals surface area (Å²) in [5.41, 5.74) is 0.560. The lowest BCUT2D eigenvalue weighted by molar-refractivity contribution is -0.137. The van der Waals surface area contributed by atoms with Crippen molar-refractivity contribution >= 4 is 23.4 Å². The molecule has 1 N–H and O–H groups in total. The predicted molar refractivity (Wildman–Crippen MR) is 91.8 cm³/mol. The highest BCUT2D eigenvalue weighted by Gasteiger charge is 2.19. The van der Waals surface area contributed by atoms with Gasteiger partial charge < -0.3 is 15.0 Å². The first kappa shape index (κ1) is 19.3. The van der Waals surface area contributed by atoms with E-state index in [1.807, 2.05) is 34.6 Å². The fraction of sp³-hybridized carbons (Fsp3) is 0.529. The van der Waals surface area contributed by atoms with Crippen LogP contribution >= 0.6 is 11.6 Å². The maximum atomic E-state index is 12.2. The van der Waals surface area contributed by atoms with Crippen molar-refractivity contribution in [2.24, 2.45) is 0 Å². The van der Waals surface area contributed by atoms with Crippen LogP contribution < -0.4 is 10.1 Å². The number of hydrogen-bond donors (Lipinski definition) is 1. The number of carbonyl (C=O) groups is 2. The molecule has 0 bridgehead atoms. The number of carbonyl (C=O) groups excluding carboxylic acids is 2. The molecule has 1 rings (SSSR count). The molecular formula is C17H25ClN2O3. The first-order chi connectivity index (χ1) is 10.6. The second kappa shape index (κ2) is 8.20. The number of likely N-dealkylation sites (N-methyl/N-ethyl adjacent to an activating group) is 1. The van der Waals surface area contributed by atoms with Crippen LogP contribution in [0, 0.1) is 6.92 Å². The zero-order valence-corrected chi connectivity index (χ0v) is 15.2. The number of rotatable bonds is 6. The van der Waals surface area contributed by atoms with Crippen LogP contribution in [0.1, 0.15) is 33.3 Å². The monoisotopic (exact) mass is 340 g/mol. The van der Waals surface area contributed by atoms with Gasteiger partial charge in [-0.1, -0.05) is 11.6 Å². The summed E-state index contributed by atoms with van der Waals surface area (Å²) in [5, 5.41) is 3.49. The Labute approximate surface area is 142 Å². The van der Waals surface area contributed by atoms with Gasteiger partial charge >= 0.3 is 0 Å². The van der Waals surface area contributed by atoms with Gasteiger partial charge in [-0.05, 0) is 58.4 Å². The van der Waals surface area contributed by atoms with Gasteiger partial charge in [0.1, 0.15) is 5.75 Å². The largest absolute Gasteiger partial charge is 0.484 e. The van der Waals surface area contributed by atoms with E-state index < -0.39 is 0 Å². The van der Waals surface area contributed by atoms with E-state index >= 15 is 0 Å². The molecule has 1 aromatic rings. The van der Waals surface area contributed by atoms with E-state index in [4.69, 9.17) is 16.3 Å². The third-order valence-electron chi connectivity index (χ3n) is 3.08. The zero-order valence-electron chi connectivity index (χ0n) is 14.4. The van der Waals surface area contributed by atoms with Gasteiger partial charge in [0.25, 0.3) is 5.91 Å². The quantitative estimate of drug-likeness (QED) is 0.866. The average molecular weight is 341 g/mol. The van der Waals surface area contributed by atoms with E-state index in [2.05, 4.69) is 5.32 Å². The first-order valence-electron chi connectivity index (χ1n) is 7.60. The van der Waals surface area contributed by atoms with E-state index in [0.717, 1.165) is 5.56 Å². The van der Waals surface area contributed by atoms with Gasteiger partial charge in [-0.2, -0.15) is 0 Å². The highest BCUT2D eigenvalue weighted by Crippen LogP contribution is 2.21. The third kappa shape index (κ3) is 6.91. The normalized spacial score (nSPS) is 11.0. The molecule has 0 aromatic heterocycles. The molecule has 0 aliphatic carbocycles. The third-order valence-corrected chi connectivity index (χ3v) is 3.50. The Bertz CT molecular complexity index is 567. The van der Waals surface area contributed by atoms with Crippen LogP contribution in [-0.4, -0.2) is 41.9 Å². The van der Waals surface area contributed by atoms with Crippen LogP contribution in [0.4, 0.5) is 0 Å². The van der Waals surface area contributed by atoms with E-state index in [9.17, 15) is 9.59 Å². The van der Waals surface area contributed by atoms with Crippen molar-refractivity contribution in [3.8, 4) is 5.75 Å².